The second kappa shape index (κ2) is 10.0. The lowest BCUT2D eigenvalue weighted by Gasteiger charge is -2.09. The summed E-state index contributed by atoms with van der Waals surface area (Å²) in [5.41, 5.74) is 3.96. The van der Waals surface area contributed by atoms with Crippen LogP contribution in [0, 0.1) is 0 Å². The average Bonchev–Trinajstić information content (AvgIpc) is 3.29. The van der Waals surface area contributed by atoms with Crippen molar-refractivity contribution in [1.82, 2.24) is 10.7 Å². The van der Waals surface area contributed by atoms with Gasteiger partial charge in [-0.05, 0) is 54.1 Å². The molecule has 2 amide bonds. The number of amides is 2. The Labute approximate surface area is 197 Å². The van der Waals surface area contributed by atoms with Crippen LogP contribution >= 0.6 is 15.9 Å². The molecule has 1 heterocycles. The molecule has 33 heavy (non-hydrogen) atoms. The number of carbonyl (C=O) groups excluding carboxylic acids is 2. The highest BCUT2D eigenvalue weighted by atomic mass is 79.9. The fourth-order valence-electron chi connectivity index (χ4n) is 2.96. The number of nitrogens with zero attached hydrogens (tertiary/aromatic N) is 1. The Morgan fingerprint density at radius 3 is 2.61 bits per heavy atom. The molecule has 0 fully saturated rings. The van der Waals surface area contributed by atoms with Crippen molar-refractivity contribution in [3.8, 4) is 17.2 Å². The maximum absolute atomic E-state index is 12.9. The van der Waals surface area contributed by atoms with E-state index in [4.69, 9.17) is 9.47 Å². The van der Waals surface area contributed by atoms with Crippen LogP contribution < -0.4 is 20.2 Å². The number of hydrazone groups is 1. The lowest BCUT2D eigenvalue weighted by atomic mass is 10.1. The molecule has 1 aliphatic rings. The quantitative estimate of drug-likeness (QED) is 0.267. The van der Waals surface area contributed by atoms with Crippen LogP contribution in [0.15, 0.2) is 82.0 Å². The predicted molar refractivity (Wildman–Crippen MR) is 126 cm³/mol. The minimum atomic E-state index is -0.635. The van der Waals surface area contributed by atoms with E-state index in [2.05, 4.69) is 31.8 Å². The third-order valence-corrected chi connectivity index (χ3v) is 5.31. The Morgan fingerprint density at radius 2 is 1.79 bits per heavy atom. The molecule has 4 rings (SSSR count). The molecule has 0 saturated carbocycles. The van der Waals surface area contributed by atoms with Gasteiger partial charge in [0.05, 0.1) is 6.21 Å². The van der Waals surface area contributed by atoms with E-state index >= 15 is 0 Å². The van der Waals surface area contributed by atoms with E-state index in [0.29, 0.717) is 32.7 Å². The molecular formula is C24H18BrN3O5. The van der Waals surface area contributed by atoms with Crippen LogP contribution in [0.2, 0.25) is 0 Å². The van der Waals surface area contributed by atoms with E-state index in [1.165, 1.54) is 24.4 Å². The summed E-state index contributed by atoms with van der Waals surface area (Å²) in [6.07, 6.45) is 2.89. The molecular weight excluding hydrogens is 490 g/mol. The second-order valence-corrected chi connectivity index (χ2v) is 7.75. The molecule has 3 N–H and O–H groups in total. The van der Waals surface area contributed by atoms with Gasteiger partial charge in [0.1, 0.15) is 11.4 Å². The molecule has 3 aromatic rings. The highest BCUT2D eigenvalue weighted by Gasteiger charge is 2.17. The fourth-order valence-corrected chi connectivity index (χ4v) is 3.31. The number of ether oxygens (including phenoxy) is 2. The molecule has 0 radical (unpaired) electrons. The van der Waals surface area contributed by atoms with Crippen molar-refractivity contribution in [2.24, 2.45) is 5.10 Å². The van der Waals surface area contributed by atoms with Crippen molar-refractivity contribution in [2.75, 3.05) is 6.79 Å². The van der Waals surface area contributed by atoms with Gasteiger partial charge in [0, 0.05) is 15.6 Å². The van der Waals surface area contributed by atoms with Gasteiger partial charge >= 0.3 is 0 Å². The zero-order valence-electron chi connectivity index (χ0n) is 17.1. The van der Waals surface area contributed by atoms with Gasteiger partial charge in [-0.15, -0.1) is 0 Å². The van der Waals surface area contributed by atoms with Crippen LogP contribution in [0.5, 0.6) is 17.2 Å². The van der Waals surface area contributed by atoms with Crippen LogP contribution in [0.4, 0.5) is 0 Å². The molecule has 0 bridgehead atoms. The van der Waals surface area contributed by atoms with Crippen molar-refractivity contribution in [3.63, 3.8) is 0 Å². The highest BCUT2D eigenvalue weighted by Crippen LogP contribution is 2.33. The van der Waals surface area contributed by atoms with Gasteiger partial charge in [0.2, 0.25) is 6.79 Å². The minimum absolute atomic E-state index is 0.0187. The van der Waals surface area contributed by atoms with Crippen molar-refractivity contribution < 1.29 is 24.2 Å². The summed E-state index contributed by atoms with van der Waals surface area (Å²) in [6, 6.07) is 18.4. The first kappa shape index (κ1) is 22.1. The van der Waals surface area contributed by atoms with E-state index in [9.17, 15) is 14.7 Å². The Morgan fingerprint density at radius 1 is 1.00 bits per heavy atom. The summed E-state index contributed by atoms with van der Waals surface area (Å²) in [6.45, 7) is 0.125. The predicted octanol–water partition coefficient (Wildman–Crippen LogP) is 3.80. The number of phenolic OH excluding ortho intramolecular Hbond substituents is 1. The summed E-state index contributed by atoms with van der Waals surface area (Å²) in [4.78, 5) is 25.5. The summed E-state index contributed by atoms with van der Waals surface area (Å²) >= 11 is 3.35. The third kappa shape index (κ3) is 5.58. The normalized spacial score (nSPS) is 12.6. The first-order valence-electron chi connectivity index (χ1n) is 9.79. The Bertz CT molecular complexity index is 1260. The lowest BCUT2D eigenvalue weighted by molar-refractivity contribution is -0.117. The van der Waals surface area contributed by atoms with Gasteiger partial charge in [0.15, 0.2) is 11.5 Å². The van der Waals surface area contributed by atoms with Crippen molar-refractivity contribution >= 4 is 40.0 Å². The first-order chi connectivity index (χ1) is 16.0. The smallest absolute Gasteiger partial charge is 0.287 e. The molecule has 0 atom stereocenters. The number of rotatable bonds is 6. The van der Waals surface area contributed by atoms with E-state index in [1.54, 1.807) is 54.6 Å². The maximum atomic E-state index is 12.9. The van der Waals surface area contributed by atoms with E-state index in [1.807, 2.05) is 0 Å². The Kier molecular flexibility index (Phi) is 6.70. The molecule has 3 aromatic carbocycles. The molecule has 166 valence electrons. The van der Waals surface area contributed by atoms with Crippen molar-refractivity contribution in [1.29, 1.82) is 0 Å². The molecule has 9 heteroatoms. The van der Waals surface area contributed by atoms with Gasteiger partial charge in [-0.2, -0.15) is 5.10 Å². The number of halogens is 1. The van der Waals surface area contributed by atoms with Crippen LogP contribution in [-0.2, 0) is 4.79 Å². The molecule has 0 unspecified atom stereocenters. The number of benzene rings is 3. The van der Waals surface area contributed by atoms with E-state index < -0.39 is 11.8 Å². The molecule has 0 saturated heterocycles. The maximum Gasteiger partial charge on any atom is 0.287 e. The van der Waals surface area contributed by atoms with E-state index in [0.717, 1.165) is 0 Å². The molecule has 0 aliphatic carbocycles. The molecule has 0 spiro atoms. The average molecular weight is 508 g/mol. The number of hydrogen-bond acceptors (Lipinski definition) is 6. The number of fused-ring (bicyclic) bond motifs is 1. The van der Waals surface area contributed by atoms with Crippen LogP contribution in [0.25, 0.3) is 6.08 Å². The highest BCUT2D eigenvalue weighted by molar-refractivity contribution is 9.10. The zero-order valence-corrected chi connectivity index (χ0v) is 18.7. The van der Waals surface area contributed by atoms with E-state index in [-0.39, 0.29) is 18.2 Å². The number of hydrogen-bond donors (Lipinski definition) is 3. The van der Waals surface area contributed by atoms with Crippen LogP contribution in [0.3, 0.4) is 0 Å². The summed E-state index contributed by atoms with van der Waals surface area (Å²) in [5.74, 6) is 0.129. The summed E-state index contributed by atoms with van der Waals surface area (Å²) in [5, 5.41) is 16.2. The van der Waals surface area contributed by atoms with Crippen molar-refractivity contribution in [3.05, 3.63) is 93.6 Å². The second-order valence-electron chi connectivity index (χ2n) is 6.90. The van der Waals surface area contributed by atoms with Gasteiger partial charge < -0.3 is 19.9 Å². The number of carbonyl (C=O) groups is 2. The molecule has 8 nitrogen and oxygen atoms in total. The SMILES string of the molecule is O=C(N/N=C/c1cc(O)ccc1Br)/C(=C/c1ccc2c(c1)OCO2)NC(=O)c1ccccc1. The monoisotopic (exact) mass is 507 g/mol. The first-order valence-corrected chi connectivity index (χ1v) is 10.6. The van der Waals surface area contributed by atoms with Gasteiger partial charge in [-0.25, -0.2) is 5.43 Å². The number of aromatic hydroxyl groups is 1. The Balaban J connectivity index is 1.57. The zero-order chi connectivity index (χ0) is 23.2. The van der Waals surface area contributed by atoms with Crippen LogP contribution in [0.1, 0.15) is 21.5 Å². The third-order valence-electron chi connectivity index (χ3n) is 4.59. The van der Waals surface area contributed by atoms with Gasteiger partial charge in [-0.3, -0.25) is 9.59 Å². The Hall–Kier alpha value is -4.11. The lowest BCUT2D eigenvalue weighted by Crippen LogP contribution is -2.32. The largest absolute Gasteiger partial charge is 0.508 e. The van der Waals surface area contributed by atoms with Gasteiger partial charge in [-0.1, -0.05) is 40.2 Å². The molecule has 0 aromatic heterocycles. The fraction of sp³-hybridized carbons (Fsp3) is 0.0417. The van der Waals surface area contributed by atoms with Crippen LogP contribution in [-0.4, -0.2) is 29.9 Å². The molecule has 1 aliphatic heterocycles. The standard InChI is InChI=1S/C24H18BrN3O5/c25-19-8-7-18(29)12-17(19)13-26-28-24(31)20(27-23(30)16-4-2-1-3-5-16)10-15-6-9-21-22(11-15)33-14-32-21/h1-13,29H,14H2,(H,27,30)(H,28,31)/b20-10-,26-13+. The number of nitrogens with one attached hydrogen (secondary N) is 2. The topological polar surface area (TPSA) is 109 Å². The summed E-state index contributed by atoms with van der Waals surface area (Å²) in [7, 11) is 0. The minimum Gasteiger partial charge on any atom is -0.508 e. The summed E-state index contributed by atoms with van der Waals surface area (Å²) < 4.78 is 11.4. The van der Waals surface area contributed by atoms with Gasteiger partial charge in [0.25, 0.3) is 11.8 Å². The number of phenols is 1. The van der Waals surface area contributed by atoms with Crippen molar-refractivity contribution in [2.45, 2.75) is 0 Å².